The fraction of sp³-hybridized carbons (Fsp3) is 0.240. The number of nitrogens with zero attached hydrogens (tertiary/aromatic N) is 2. The van der Waals surface area contributed by atoms with Crippen molar-refractivity contribution in [2.45, 2.75) is 18.8 Å². The predicted molar refractivity (Wildman–Crippen MR) is 134 cm³/mol. The molecule has 0 amide bonds. The smallest absolute Gasteiger partial charge is 0.259 e. The van der Waals surface area contributed by atoms with Gasteiger partial charge in [-0.3, -0.25) is 9.79 Å². The number of ether oxygens (including phenoxy) is 1. The Bertz CT molecular complexity index is 1250. The lowest BCUT2D eigenvalue weighted by molar-refractivity contribution is 0.286. The van der Waals surface area contributed by atoms with Crippen LogP contribution in [0.15, 0.2) is 71.0 Å². The van der Waals surface area contributed by atoms with Crippen LogP contribution < -0.4 is 21.9 Å². The first kappa shape index (κ1) is 22.3. The molecule has 0 atom stereocenters. The summed E-state index contributed by atoms with van der Waals surface area (Å²) in [4.78, 5) is 24.1. The summed E-state index contributed by atoms with van der Waals surface area (Å²) in [5, 5.41) is 7.95. The van der Waals surface area contributed by atoms with Gasteiger partial charge in [0.05, 0.1) is 24.4 Å². The van der Waals surface area contributed by atoms with E-state index in [2.05, 4.69) is 44.3 Å². The van der Waals surface area contributed by atoms with E-state index in [0.717, 1.165) is 37.0 Å². The van der Waals surface area contributed by atoms with Gasteiger partial charge in [-0.2, -0.15) is 0 Å². The Balaban J connectivity index is 1.64. The van der Waals surface area contributed by atoms with Gasteiger partial charge in [0, 0.05) is 23.7 Å². The summed E-state index contributed by atoms with van der Waals surface area (Å²) in [6, 6.07) is 12.0. The first-order valence-corrected chi connectivity index (χ1v) is 10.9. The van der Waals surface area contributed by atoms with Crippen LogP contribution in [-0.4, -0.2) is 36.4 Å². The minimum absolute atomic E-state index is 0.187. The molecule has 0 saturated carbocycles. The maximum absolute atomic E-state index is 12.6. The van der Waals surface area contributed by atoms with Gasteiger partial charge in [0.15, 0.2) is 0 Å². The number of rotatable bonds is 7. The number of aromatic nitrogens is 2. The molecule has 8 nitrogen and oxygen atoms in total. The standard InChI is InChI=1S/C25H28N6O2/c1-16(14-28-15-22(26)33-2)21-13-19-9-12-29-25(32)23(19)24(31-21)30-20-5-3-17(4-6-20)18-7-10-27-11-8-18/h3-6,9,12-15,18,27H,1,7-8,10-11,26H2,2H3,(H,29,32)(H,30,31)/b22-15+,28-14-. The molecule has 1 aliphatic heterocycles. The Morgan fingerprint density at radius 3 is 2.76 bits per heavy atom. The predicted octanol–water partition coefficient (Wildman–Crippen LogP) is 3.62. The van der Waals surface area contributed by atoms with Crippen molar-refractivity contribution in [3.8, 4) is 0 Å². The third-order valence-corrected chi connectivity index (χ3v) is 5.74. The Morgan fingerprint density at radius 2 is 2.03 bits per heavy atom. The molecule has 33 heavy (non-hydrogen) atoms. The van der Waals surface area contributed by atoms with Crippen LogP contribution in [0.5, 0.6) is 0 Å². The van der Waals surface area contributed by atoms with Crippen molar-refractivity contribution in [3.05, 3.63) is 82.9 Å². The van der Waals surface area contributed by atoms with E-state index >= 15 is 0 Å². The molecule has 170 valence electrons. The molecule has 2 aromatic heterocycles. The molecule has 5 N–H and O–H groups in total. The summed E-state index contributed by atoms with van der Waals surface area (Å²) < 4.78 is 4.87. The molecule has 0 bridgehead atoms. The number of allylic oxidation sites excluding steroid dienone is 1. The van der Waals surface area contributed by atoms with Crippen LogP contribution in [0, 0.1) is 0 Å². The van der Waals surface area contributed by atoms with E-state index in [-0.39, 0.29) is 11.4 Å². The van der Waals surface area contributed by atoms with E-state index in [1.54, 1.807) is 12.4 Å². The van der Waals surface area contributed by atoms with Crippen LogP contribution in [0.2, 0.25) is 0 Å². The number of aromatic amines is 1. The van der Waals surface area contributed by atoms with E-state index < -0.39 is 0 Å². The molecule has 0 spiro atoms. The molecule has 1 aromatic carbocycles. The highest BCUT2D eigenvalue weighted by atomic mass is 16.5. The number of pyridine rings is 2. The number of nitrogens with one attached hydrogen (secondary N) is 3. The van der Waals surface area contributed by atoms with Gasteiger partial charge in [-0.15, -0.1) is 0 Å². The molecule has 4 rings (SSSR count). The SMILES string of the molecule is C=C(/C=N\C=C(/N)OC)c1cc2cc[nH]c(=O)c2c(Nc2ccc(C3CCNCC3)cc2)n1. The lowest BCUT2D eigenvalue weighted by atomic mass is 9.90. The fourth-order valence-corrected chi connectivity index (χ4v) is 3.92. The lowest BCUT2D eigenvalue weighted by Crippen LogP contribution is -2.26. The summed E-state index contributed by atoms with van der Waals surface area (Å²) in [5.74, 6) is 1.22. The van der Waals surface area contributed by atoms with E-state index in [4.69, 9.17) is 10.5 Å². The topological polar surface area (TPSA) is 117 Å². The van der Waals surface area contributed by atoms with Crippen LogP contribution in [0.4, 0.5) is 11.5 Å². The fourth-order valence-electron chi connectivity index (χ4n) is 3.92. The number of piperidine rings is 1. The zero-order chi connectivity index (χ0) is 23.2. The normalized spacial score (nSPS) is 15.1. The van der Waals surface area contributed by atoms with Crippen molar-refractivity contribution in [2.75, 3.05) is 25.5 Å². The van der Waals surface area contributed by atoms with Crippen LogP contribution in [0.25, 0.3) is 16.3 Å². The minimum atomic E-state index is -0.213. The molecule has 3 aromatic rings. The van der Waals surface area contributed by atoms with E-state index in [1.165, 1.54) is 18.9 Å². The van der Waals surface area contributed by atoms with Crippen LogP contribution in [-0.2, 0) is 4.74 Å². The van der Waals surface area contributed by atoms with Crippen molar-refractivity contribution in [2.24, 2.45) is 10.7 Å². The zero-order valence-corrected chi connectivity index (χ0v) is 18.6. The van der Waals surface area contributed by atoms with Crippen molar-refractivity contribution in [3.63, 3.8) is 0 Å². The monoisotopic (exact) mass is 444 g/mol. The molecule has 1 fully saturated rings. The molecular formula is C25H28N6O2. The molecular weight excluding hydrogens is 416 g/mol. The molecule has 1 saturated heterocycles. The summed E-state index contributed by atoms with van der Waals surface area (Å²) >= 11 is 0. The van der Waals surface area contributed by atoms with Gasteiger partial charge in [-0.05, 0) is 67.1 Å². The van der Waals surface area contributed by atoms with Crippen molar-refractivity contribution < 1.29 is 4.74 Å². The zero-order valence-electron chi connectivity index (χ0n) is 18.6. The minimum Gasteiger partial charge on any atom is -0.482 e. The number of aliphatic imine (C=N–C) groups is 1. The summed E-state index contributed by atoms with van der Waals surface area (Å²) in [5.41, 5.74) is 8.73. The van der Waals surface area contributed by atoms with E-state index in [9.17, 15) is 4.79 Å². The highest BCUT2D eigenvalue weighted by Gasteiger charge is 2.15. The second kappa shape index (κ2) is 10.1. The summed E-state index contributed by atoms with van der Waals surface area (Å²) in [6.45, 7) is 6.15. The molecule has 1 aliphatic rings. The maximum atomic E-state index is 12.6. The third kappa shape index (κ3) is 5.30. The first-order valence-electron chi connectivity index (χ1n) is 10.9. The number of benzene rings is 1. The van der Waals surface area contributed by atoms with Crippen LogP contribution in [0.1, 0.15) is 30.0 Å². The molecule has 0 aliphatic carbocycles. The van der Waals surface area contributed by atoms with Gasteiger partial charge < -0.3 is 26.1 Å². The van der Waals surface area contributed by atoms with Gasteiger partial charge in [0.2, 0.25) is 5.88 Å². The second-order valence-electron chi connectivity index (χ2n) is 7.94. The highest BCUT2D eigenvalue weighted by molar-refractivity contribution is 6.10. The van der Waals surface area contributed by atoms with Crippen molar-refractivity contribution >= 4 is 34.1 Å². The maximum Gasteiger partial charge on any atom is 0.259 e. The first-order chi connectivity index (χ1) is 16.0. The van der Waals surface area contributed by atoms with Crippen LogP contribution in [0.3, 0.4) is 0 Å². The lowest BCUT2D eigenvalue weighted by Gasteiger charge is -2.23. The summed E-state index contributed by atoms with van der Waals surface area (Å²) in [7, 11) is 1.47. The summed E-state index contributed by atoms with van der Waals surface area (Å²) in [6.07, 6.45) is 6.84. The number of hydrogen-bond acceptors (Lipinski definition) is 7. The van der Waals surface area contributed by atoms with Gasteiger partial charge in [0.1, 0.15) is 5.82 Å². The van der Waals surface area contributed by atoms with Crippen molar-refractivity contribution in [1.29, 1.82) is 0 Å². The number of nitrogens with two attached hydrogens (primary N) is 1. The number of fused-ring (bicyclic) bond motifs is 1. The second-order valence-corrected chi connectivity index (χ2v) is 7.94. The molecule has 3 heterocycles. The van der Waals surface area contributed by atoms with Gasteiger partial charge in [-0.1, -0.05) is 18.7 Å². The number of methoxy groups -OCH3 is 1. The van der Waals surface area contributed by atoms with Crippen LogP contribution >= 0.6 is 0 Å². The number of anilines is 2. The average molecular weight is 445 g/mol. The highest BCUT2D eigenvalue weighted by Crippen LogP contribution is 2.28. The van der Waals surface area contributed by atoms with Gasteiger partial charge >= 0.3 is 0 Å². The Kier molecular flexibility index (Phi) is 6.85. The molecule has 0 radical (unpaired) electrons. The average Bonchev–Trinajstić information content (AvgIpc) is 2.84. The van der Waals surface area contributed by atoms with E-state index in [1.807, 2.05) is 24.3 Å². The van der Waals surface area contributed by atoms with Gasteiger partial charge in [0.25, 0.3) is 5.56 Å². The number of H-pyrrole nitrogens is 1. The third-order valence-electron chi connectivity index (χ3n) is 5.74. The Hall–Kier alpha value is -3.91. The van der Waals surface area contributed by atoms with E-state index in [0.29, 0.717) is 28.4 Å². The van der Waals surface area contributed by atoms with Crippen molar-refractivity contribution in [1.82, 2.24) is 15.3 Å². The Morgan fingerprint density at radius 1 is 1.27 bits per heavy atom. The largest absolute Gasteiger partial charge is 0.482 e. The molecule has 8 heteroatoms. The Labute approximate surface area is 192 Å². The quantitative estimate of drug-likeness (QED) is 0.327. The number of hydrogen-bond donors (Lipinski definition) is 4. The molecule has 0 unspecified atom stereocenters. The van der Waals surface area contributed by atoms with Gasteiger partial charge in [-0.25, -0.2) is 4.98 Å².